The summed E-state index contributed by atoms with van der Waals surface area (Å²) in [6.45, 7) is 4.12. The van der Waals surface area contributed by atoms with Crippen molar-refractivity contribution in [1.29, 1.82) is 0 Å². The normalized spacial score (nSPS) is 18.2. The topological polar surface area (TPSA) is 68.5 Å². The van der Waals surface area contributed by atoms with Crippen LogP contribution in [0.4, 0.5) is 11.5 Å². The highest BCUT2D eigenvalue weighted by atomic mass is 16.6. The minimum Gasteiger partial charge on any atom is -0.375 e. The molecule has 0 saturated carbocycles. The van der Waals surface area contributed by atoms with E-state index in [-0.39, 0.29) is 16.7 Å². The Morgan fingerprint density at radius 3 is 2.73 bits per heavy atom. The Labute approximate surface area is 128 Å². The number of ether oxygens (including phenoxy) is 1. The van der Waals surface area contributed by atoms with E-state index < -0.39 is 0 Å². The van der Waals surface area contributed by atoms with Crippen LogP contribution < -0.4 is 4.90 Å². The van der Waals surface area contributed by atoms with Crippen LogP contribution in [-0.4, -0.2) is 35.7 Å². The van der Waals surface area contributed by atoms with Gasteiger partial charge in [0.15, 0.2) is 5.69 Å². The molecule has 0 N–H and O–H groups in total. The molecule has 1 saturated heterocycles. The number of rotatable bonds is 3. The molecule has 0 bridgehead atoms. The third kappa shape index (κ3) is 2.92. The Bertz CT molecular complexity index is 676. The molecule has 2 aromatic rings. The highest BCUT2D eigenvalue weighted by Gasteiger charge is 2.22. The van der Waals surface area contributed by atoms with Crippen LogP contribution in [0.2, 0.25) is 0 Å². The fourth-order valence-corrected chi connectivity index (χ4v) is 2.60. The van der Waals surface area contributed by atoms with Gasteiger partial charge >= 0.3 is 0 Å². The van der Waals surface area contributed by atoms with Crippen LogP contribution in [0.3, 0.4) is 0 Å². The molecule has 1 aromatic heterocycles. The molecule has 0 aliphatic carbocycles. The quantitative estimate of drug-likeness (QED) is 0.644. The van der Waals surface area contributed by atoms with Crippen LogP contribution >= 0.6 is 0 Å². The molecule has 1 aliphatic rings. The summed E-state index contributed by atoms with van der Waals surface area (Å²) in [5, 5.41) is 11.3. The van der Waals surface area contributed by atoms with E-state index in [1.54, 1.807) is 6.07 Å². The van der Waals surface area contributed by atoms with Gasteiger partial charge in [0.1, 0.15) is 5.82 Å². The van der Waals surface area contributed by atoms with Crippen LogP contribution in [-0.2, 0) is 4.74 Å². The average Bonchev–Trinajstić information content (AvgIpc) is 2.55. The van der Waals surface area contributed by atoms with Crippen molar-refractivity contribution in [2.45, 2.75) is 13.0 Å². The predicted molar refractivity (Wildman–Crippen MR) is 84.0 cm³/mol. The lowest BCUT2D eigenvalue weighted by molar-refractivity contribution is -0.384. The number of nitro groups is 1. The number of nitrogens with zero attached hydrogens (tertiary/aromatic N) is 3. The van der Waals surface area contributed by atoms with E-state index in [1.807, 2.05) is 37.3 Å². The Hall–Kier alpha value is -2.47. The lowest BCUT2D eigenvalue weighted by Crippen LogP contribution is -2.41. The Morgan fingerprint density at radius 2 is 2.05 bits per heavy atom. The number of hydrogen-bond acceptors (Lipinski definition) is 5. The summed E-state index contributed by atoms with van der Waals surface area (Å²) < 4.78 is 5.53. The molecule has 1 aromatic carbocycles. The molecule has 0 amide bonds. The van der Waals surface area contributed by atoms with Crippen molar-refractivity contribution in [3.63, 3.8) is 0 Å². The first-order chi connectivity index (χ1) is 10.6. The molecule has 1 atom stereocenters. The second kappa shape index (κ2) is 6.11. The number of hydrogen-bond donors (Lipinski definition) is 0. The fraction of sp³-hybridized carbons (Fsp3) is 0.312. The van der Waals surface area contributed by atoms with E-state index in [0.29, 0.717) is 12.3 Å². The summed E-state index contributed by atoms with van der Waals surface area (Å²) >= 11 is 0. The van der Waals surface area contributed by atoms with Crippen LogP contribution in [0.1, 0.15) is 6.92 Å². The predicted octanol–water partition coefficient (Wildman–Crippen LogP) is 2.88. The minimum absolute atomic E-state index is 0.0243. The molecule has 22 heavy (non-hydrogen) atoms. The molecule has 0 radical (unpaired) electrons. The van der Waals surface area contributed by atoms with E-state index in [1.165, 1.54) is 6.07 Å². The monoisotopic (exact) mass is 299 g/mol. The molecule has 3 rings (SSSR count). The zero-order chi connectivity index (χ0) is 15.5. The van der Waals surface area contributed by atoms with Gasteiger partial charge in [0.2, 0.25) is 0 Å². The number of pyridine rings is 1. The van der Waals surface area contributed by atoms with E-state index in [0.717, 1.165) is 24.5 Å². The average molecular weight is 299 g/mol. The van der Waals surface area contributed by atoms with Crippen molar-refractivity contribution in [2.24, 2.45) is 0 Å². The van der Waals surface area contributed by atoms with Crippen LogP contribution in [0.5, 0.6) is 0 Å². The zero-order valence-corrected chi connectivity index (χ0v) is 12.3. The van der Waals surface area contributed by atoms with Gasteiger partial charge in [-0.25, -0.2) is 4.98 Å². The van der Waals surface area contributed by atoms with Gasteiger partial charge in [0, 0.05) is 24.7 Å². The van der Waals surface area contributed by atoms with Gasteiger partial charge in [-0.05, 0) is 13.0 Å². The smallest absolute Gasteiger partial charge is 0.295 e. The first kappa shape index (κ1) is 14.5. The minimum atomic E-state index is -0.388. The standard InChI is InChI=1S/C16H17N3O3/c1-12-11-18(9-10-22-12)15-8-7-14(19(20)21)16(17-15)13-5-3-2-4-6-13/h2-8,12H,9-11H2,1H3. The van der Waals surface area contributed by atoms with Crippen molar-refractivity contribution in [2.75, 3.05) is 24.6 Å². The van der Waals surface area contributed by atoms with E-state index >= 15 is 0 Å². The van der Waals surface area contributed by atoms with Gasteiger partial charge in [-0.3, -0.25) is 10.1 Å². The summed E-state index contributed by atoms with van der Waals surface area (Å²) in [4.78, 5) is 17.5. The number of aromatic nitrogens is 1. The molecule has 0 spiro atoms. The highest BCUT2D eigenvalue weighted by Crippen LogP contribution is 2.30. The summed E-state index contributed by atoms with van der Waals surface area (Å²) in [7, 11) is 0. The fourth-order valence-electron chi connectivity index (χ4n) is 2.60. The summed E-state index contributed by atoms with van der Waals surface area (Å²) in [6, 6.07) is 12.5. The second-order valence-corrected chi connectivity index (χ2v) is 5.29. The molecular weight excluding hydrogens is 282 g/mol. The van der Waals surface area contributed by atoms with Gasteiger partial charge in [-0.1, -0.05) is 30.3 Å². The van der Waals surface area contributed by atoms with Crippen LogP contribution in [0.25, 0.3) is 11.3 Å². The van der Waals surface area contributed by atoms with Gasteiger partial charge < -0.3 is 9.64 Å². The molecule has 2 heterocycles. The first-order valence-corrected chi connectivity index (χ1v) is 7.22. The third-order valence-corrected chi connectivity index (χ3v) is 3.67. The molecule has 1 unspecified atom stereocenters. The van der Waals surface area contributed by atoms with E-state index in [4.69, 9.17) is 4.74 Å². The molecule has 1 aliphatic heterocycles. The van der Waals surface area contributed by atoms with Crippen molar-refractivity contribution in [1.82, 2.24) is 4.98 Å². The number of anilines is 1. The number of morpholine rings is 1. The van der Waals surface area contributed by atoms with Crippen molar-refractivity contribution in [3.8, 4) is 11.3 Å². The lowest BCUT2D eigenvalue weighted by atomic mass is 10.1. The second-order valence-electron chi connectivity index (χ2n) is 5.29. The maximum atomic E-state index is 11.3. The Morgan fingerprint density at radius 1 is 1.27 bits per heavy atom. The largest absolute Gasteiger partial charge is 0.375 e. The zero-order valence-electron chi connectivity index (χ0n) is 12.3. The van der Waals surface area contributed by atoms with Gasteiger partial charge in [0.25, 0.3) is 5.69 Å². The van der Waals surface area contributed by atoms with Crippen LogP contribution in [0, 0.1) is 10.1 Å². The third-order valence-electron chi connectivity index (χ3n) is 3.67. The molecule has 6 nitrogen and oxygen atoms in total. The first-order valence-electron chi connectivity index (χ1n) is 7.22. The van der Waals surface area contributed by atoms with Crippen molar-refractivity contribution >= 4 is 11.5 Å². The molecule has 6 heteroatoms. The molecular formula is C16H17N3O3. The summed E-state index contributed by atoms with van der Waals surface area (Å²) in [5.74, 6) is 0.750. The van der Waals surface area contributed by atoms with E-state index in [2.05, 4.69) is 9.88 Å². The highest BCUT2D eigenvalue weighted by molar-refractivity contribution is 5.71. The Balaban J connectivity index is 2.02. The van der Waals surface area contributed by atoms with Gasteiger partial charge in [0.05, 0.1) is 17.6 Å². The van der Waals surface area contributed by atoms with E-state index in [9.17, 15) is 10.1 Å². The van der Waals surface area contributed by atoms with Gasteiger partial charge in [-0.15, -0.1) is 0 Å². The van der Waals surface area contributed by atoms with Crippen molar-refractivity contribution < 1.29 is 9.66 Å². The van der Waals surface area contributed by atoms with Crippen molar-refractivity contribution in [3.05, 3.63) is 52.6 Å². The maximum Gasteiger partial charge on any atom is 0.295 e. The molecule has 1 fully saturated rings. The van der Waals surface area contributed by atoms with Gasteiger partial charge in [-0.2, -0.15) is 0 Å². The summed E-state index contributed by atoms with van der Waals surface area (Å²) in [6.07, 6.45) is 0.130. The lowest BCUT2D eigenvalue weighted by Gasteiger charge is -2.32. The summed E-state index contributed by atoms with van der Waals surface area (Å²) in [5.41, 5.74) is 1.18. The SMILES string of the molecule is CC1CN(c2ccc([N+](=O)[O-])c(-c3ccccc3)n2)CCO1. The number of benzene rings is 1. The maximum absolute atomic E-state index is 11.3. The van der Waals surface area contributed by atoms with Crippen LogP contribution in [0.15, 0.2) is 42.5 Å². The Kier molecular flexibility index (Phi) is 4.02. The molecule has 114 valence electrons.